The Hall–Kier alpha value is -2.41. The lowest BCUT2D eigenvalue weighted by molar-refractivity contribution is -0.134. The number of hydrogen-bond acceptors (Lipinski definition) is 4. The zero-order valence-corrected chi connectivity index (χ0v) is 16.0. The Kier molecular flexibility index (Phi) is 4.19. The van der Waals surface area contributed by atoms with Gasteiger partial charge in [0.2, 0.25) is 5.91 Å². The highest BCUT2D eigenvalue weighted by Crippen LogP contribution is 2.27. The number of fused-ring (bicyclic) bond motifs is 2. The molecule has 4 rings (SSSR count). The van der Waals surface area contributed by atoms with Crippen molar-refractivity contribution in [3.8, 4) is 0 Å². The number of aromatic amines is 1. The third-order valence-corrected chi connectivity index (χ3v) is 6.43. The van der Waals surface area contributed by atoms with Crippen LogP contribution in [0.1, 0.15) is 41.3 Å². The molecule has 4 heterocycles. The summed E-state index contributed by atoms with van der Waals surface area (Å²) in [4.78, 5) is 36.3. The number of H-pyrrole nitrogens is 1. The minimum atomic E-state index is -0.108. The molecule has 1 atom stereocenters. The second-order valence-electron chi connectivity index (χ2n) is 6.87. The summed E-state index contributed by atoms with van der Waals surface area (Å²) in [5.74, 6) is 0.691. The Balaban J connectivity index is 1.50. The molecule has 3 aromatic rings. The maximum Gasteiger partial charge on any atom is 0.259 e. The number of nitrogens with zero attached hydrogens (tertiary/aromatic N) is 3. The Morgan fingerprint density at radius 1 is 1.38 bits per heavy atom. The van der Waals surface area contributed by atoms with Gasteiger partial charge in [-0.1, -0.05) is 0 Å². The van der Waals surface area contributed by atoms with Crippen LogP contribution in [0.15, 0.2) is 23.1 Å². The van der Waals surface area contributed by atoms with Crippen molar-refractivity contribution in [3.63, 3.8) is 0 Å². The second kappa shape index (κ2) is 6.39. The van der Waals surface area contributed by atoms with Crippen LogP contribution >= 0.6 is 11.3 Å². The first-order valence-electron chi connectivity index (χ1n) is 8.89. The van der Waals surface area contributed by atoms with Crippen molar-refractivity contribution in [2.24, 2.45) is 0 Å². The lowest BCUT2D eigenvalue weighted by Gasteiger charge is -2.35. The summed E-state index contributed by atoms with van der Waals surface area (Å²) in [5, 5.41) is 0.674. The van der Waals surface area contributed by atoms with E-state index in [0.717, 1.165) is 21.8 Å². The van der Waals surface area contributed by atoms with Gasteiger partial charge >= 0.3 is 0 Å². The van der Waals surface area contributed by atoms with Crippen LogP contribution in [0.2, 0.25) is 0 Å². The van der Waals surface area contributed by atoms with Crippen LogP contribution in [0.3, 0.4) is 0 Å². The Bertz CT molecular complexity index is 1050. The molecule has 1 aliphatic heterocycles. The van der Waals surface area contributed by atoms with Gasteiger partial charge < -0.3 is 14.5 Å². The molecule has 6 nitrogen and oxygen atoms in total. The Labute approximate surface area is 155 Å². The Morgan fingerprint density at radius 2 is 2.19 bits per heavy atom. The molecule has 0 bridgehead atoms. The van der Waals surface area contributed by atoms with Gasteiger partial charge in [0.05, 0.1) is 11.4 Å². The molecule has 26 heavy (non-hydrogen) atoms. The van der Waals surface area contributed by atoms with Crippen molar-refractivity contribution in [1.82, 2.24) is 19.4 Å². The molecule has 1 N–H and O–H groups in total. The van der Waals surface area contributed by atoms with Gasteiger partial charge in [-0.25, -0.2) is 4.98 Å². The number of hydrogen-bond donors (Lipinski definition) is 1. The SMILES string of the molecule is Cc1sc2nc(CCC(=O)N3CCn4cccc4C3C)[nH]c(=O)c2c1C. The largest absolute Gasteiger partial charge is 0.348 e. The molecule has 3 aromatic heterocycles. The average molecular weight is 370 g/mol. The third kappa shape index (κ3) is 2.76. The first kappa shape index (κ1) is 17.0. The molecule has 0 aromatic carbocycles. The van der Waals surface area contributed by atoms with E-state index < -0.39 is 0 Å². The molecule has 136 valence electrons. The average Bonchev–Trinajstić information content (AvgIpc) is 3.19. The normalized spacial score (nSPS) is 16.9. The van der Waals surface area contributed by atoms with Crippen LogP contribution in [0, 0.1) is 13.8 Å². The molecule has 1 unspecified atom stereocenters. The van der Waals surface area contributed by atoms with Crippen LogP contribution in [0.5, 0.6) is 0 Å². The number of thiophene rings is 1. The van der Waals surface area contributed by atoms with Crippen LogP contribution in [0.25, 0.3) is 10.2 Å². The second-order valence-corrected chi connectivity index (χ2v) is 8.07. The molecule has 0 saturated heterocycles. The number of amides is 1. The zero-order valence-electron chi connectivity index (χ0n) is 15.2. The quantitative estimate of drug-likeness (QED) is 0.770. The smallest absolute Gasteiger partial charge is 0.259 e. The topological polar surface area (TPSA) is 71.0 Å². The molecule has 0 aliphatic carbocycles. The van der Waals surface area contributed by atoms with E-state index in [2.05, 4.69) is 33.7 Å². The van der Waals surface area contributed by atoms with E-state index >= 15 is 0 Å². The first-order chi connectivity index (χ1) is 12.5. The number of carbonyl (C=O) groups is 1. The van der Waals surface area contributed by atoms with Crippen molar-refractivity contribution in [1.29, 1.82) is 0 Å². The maximum absolute atomic E-state index is 12.7. The van der Waals surface area contributed by atoms with E-state index in [9.17, 15) is 9.59 Å². The zero-order chi connectivity index (χ0) is 18.4. The molecule has 1 aliphatic rings. The minimum Gasteiger partial charge on any atom is -0.348 e. The highest BCUT2D eigenvalue weighted by molar-refractivity contribution is 7.18. The highest BCUT2D eigenvalue weighted by atomic mass is 32.1. The van der Waals surface area contributed by atoms with E-state index in [0.29, 0.717) is 30.6 Å². The van der Waals surface area contributed by atoms with Gasteiger partial charge in [0.1, 0.15) is 10.7 Å². The van der Waals surface area contributed by atoms with Crippen LogP contribution in [-0.2, 0) is 17.8 Å². The third-order valence-electron chi connectivity index (χ3n) is 5.33. The van der Waals surface area contributed by atoms with Crippen molar-refractivity contribution in [2.45, 2.75) is 46.2 Å². The molecule has 1 amide bonds. The minimum absolute atomic E-state index is 0.0725. The van der Waals surface area contributed by atoms with E-state index in [-0.39, 0.29) is 17.5 Å². The monoisotopic (exact) mass is 370 g/mol. The molecule has 7 heteroatoms. The number of aryl methyl sites for hydroxylation is 3. The maximum atomic E-state index is 12.7. The van der Waals surface area contributed by atoms with Crippen molar-refractivity contribution < 1.29 is 4.79 Å². The fourth-order valence-corrected chi connectivity index (χ4v) is 4.76. The number of rotatable bonds is 3. The van der Waals surface area contributed by atoms with Gasteiger partial charge in [-0.2, -0.15) is 0 Å². The number of aromatic nitrogens is 3. The summed E-state index contributed by atoms with van der Waals surface area (Å²) < 4.78 is 2.20. The molecular weight excluding hydrogens is 348 g/mol. The predicted molar refractivity (Wildman–Crippen MR) is 103 cm³/mol. The highest BCUT2D eigenvalue weighted by Gasteiger charge is 2.27. The summed E-state index contributed by atoms with van der Waals surface area (Å²) in [7, 11) is 0. The van der Waals surface area contributed by atoms with Gasteiger partial charge in [-0.3, -0.25) is 9.59 Å². The van der Waals surface area contributed by atoms with Crippen LogP contribution < -0.4 is 5.56 Å². The summed E-state index contributed by atoms with van der Waals surface area (Å²) in [5.41, 5.74) is 2.05. The van der Waals surface area contributed by atoms with Crippen LogP contribution in [-0.4, -0.2) is 31.9 Å². The lowest BCUT2D eigenvalue weighted by atomic mass is 10.1. The molecular formula is C19H22N4O2S. The van der Waals surface area contributed by atoms with Gasteiger partial charge in [0.15, 0.2) is 0 Å². The fourth-order valence-electron chi connectivity index (χ4n) is 3.71. The van der Waals surface area contributed by atoms with E-state index in [4.69, 9.17) is 0 Å². The predicted octanol–water partition coefficient (Wildman–Crippen LogP) is 2.94. The van der Waals surface area contributed by atoms with Crippen molar-refractivity contribution in [2.75, 3.05) is 6.54 Å². The molecule has 0 spiro atoms. The van der Waals surface area contributed by atoms with Gasteiger partial charge in [0.25, 0.3) is 5.56 Å². The summed E-state index contributed by atoms with van der Waals surface area (Å²) in [6.45, 7) is 7.55. The van der Waals surface area contributed by atoms with E-state index in [1.54, 1.807) is 0 Å². The van der Waals surface area contributed by atoms with Gasteiger partial charge in [-0.05, 0) is 38.5 Å². The Morgan fingerprint density at radius 3 is 3.00 bits per heavy atom. The van der Waals surface area contributed by atoms with Crippen molar-refractivity contribution in [3.05, 3.63) is 50.6 Å². The van der Waals surface area contributed by atoms with Gasteiger partial charge in [-0.15, -0.1) is 11.3 Å². The van der Waals surface area contributed by atoms with Crippen LogP contribution in [0.4, 0.5) is 0 Å². The first-order valence-corrected chi connectivity index (χ1v) is 9.70. The molecule has 0 fully saturated rings. The van der Waals surface area contributed by atoms with Gasteiger partial charge in [0, 0.05) is 42.7 Å². The summed E-state index contributed by atoms with van der Waals surface area (Å²) in [6.07, 6.45) is 2.86. The molecule has 0 radical (unpaired) electrons. The molecule has 0 saturated carbocycles. The fraction of sp³-hybridized carbons (Fsp3) is 0.421. The van der Waals surface area contributed by atoms with Crippen molar-refractivity contribution >= 4 is 27.5 Å². The lowest BCUT2D eigenvalue weighted by Crippen LogP contribution is -2.40. The van der Waals surface area contributed by atoms with E-state index in [1.165, 1.54) is 17.0 Å². The number of carbonyl (C=O) groups excluding carboxylic acids is 1. The summed E-state index contributed by atoms with van der Waals surface area (Å²) in [6, 6.07) is 4.16. The summed E-state index contributed by atoms with van der Waals surface area (Å²) >= 11 is 1.53. The number of nitrogens with one attached hydrogen (secondary N) is 1. The van der Waals surface area contributed by atoms with E-state index in [1.807, 2.05) is 24.8 Å². The standard InChI is InChI=1S/C19H22N4O2S/c1-11-13(3)26-19-17(11)18(25)20-15(21-19)6-7-16(24)23-10-9-22-8-4-5-14(22)12(23)2/h4-5,8,12H,6-7,9-10H2,1-3H3,(H,20,21,25).